The van der Waals surface area contributed by atoms with Gasteiger partial charge in [0.25, 0.3) is 0 Å². The molecule has 2 rings (SSSR count). The fourth-order valence-electron chi connectivity index (χ4n) is 2.76. The summed E-state index contributed by atoms with van der Waals surface area (Å²) < 4.78 is 0.981. The number of hydrogen-bond acceptors (Lipinski definition) is 2. The number of rotatable bonds is 5. The molecule has 3 nitrogen and oxygen atoms in total. The van der Waals surface area contributed by atoms with Crippen LogP contribution in [0, 0.1) is 5.92 Å². The van der Waals surface area contributed by atoms with Crippen LogP contribution in [-0.4, -0.2) is 17.6 Å². The molecule has 0 aromatic heterocycles. The molecule has 0 radical (unpaired) electrons. The maximum atomic E-state index is 12.1. The highest BCUT2D eigenvalue weighted by Crippen LogP contribution is 2.27. The van der Waals surface area contributed by atoms with E-state index >= 15 is 0 Å². The minimum Gasteiger partial charge on any atom is -0.383 e. The van der Waals surface area contributed by atoms with Crippen molar-refractivity contribution in [3.63, 3.8) is 0 Å². The van der Waals surface area contributed by atoms with Crippen LogP contribution in [0.1, 0.15) is 44.6 Å². The molecule has 1 aliphatic rings. The third-order valence-corrected chi connectivity index (χ3v) is 4.78. The Morgan fingerprint density at radius 2 is 1.95 bits per heavy atom. The van der Waals surface area contributed by atoms with Gasteiger partial charge in [-0.1, -0.05) is 47.8 Å². The van der Waals surface area contributed by atoms with Crippen LogP contribution in [0.15, 0.2) is 28.7 Å². The predicted molar refractivity (Wildman–Crippen MR) is 83.3 cm³/mol. The molecule has 1 atom stereocenters. The van der Waals surface area contributed by atoms with E-state index in [9.17, 15) is 9.90 Å². The van der Waals surface area contributed by atoms with Crippen LogP contribution in [0.25, 0.3) is 0 Å². The van der Waals surface area contributed by atoms with E-state index in [0.717, 1.165) is 35.7 Å². The van der Waals surface area contributed by atoms with Crippen LogP contribution < -0.4 is 5.32 Å². The molecule has 0 saturated heterocycles. The van der Waals surface area contributed by atoms with Crippen molar-refractivity contribution in [3.8, 4) is 0 Å². The molecule has 0 spiro atoms. The highest BCUT2D eigenvalue weighted by atomic mass is 79.9. The molecule has 1 amide bonds. The summed E-state index contributed by atoms with van der Waals surface area (Å²) in [6.07, 6.45) is 4.81. The van der Waals surface area contributed by atoms with Crippen LogP contribution in [-0.2, 0) is 10.4 Å². The minimum atomic E-state index is -0.991. The normalized spacial score (nSPS) is 18.8. The monoisotopic (exact) mass is 339 g/mol. The van der Waals surface area contributed by atoms with E-state index in [1.165, 1.54) is 0 Å². The van der Waals surface area contributed by atoms with Gasteiger partial charge in [-0.25, -0.2) is 0 Å². The van der Waals surface area contributed by atoms with Gasteiger partial charge in [0, 0.05) is 10.4 Å². The van der Waals surface area contributed by atoms with Crippen LogP contribution in [0.5, 0.6) is 0 Å². The van der Waals surface area contributed by atoms with Crippen molar-refractivity contribution in [2.45, 2.75) is 44.6 Å². The Labute approximate surface area is 128 Å². The first kappa shape index (κ1) is 15.5. The third-order valence-electron chi connectivity index (χ3n) is 4.25. The number of aliphatic hydroxyl groups is 1. The third kappa shape index (κ3) is 3.61. The Morgan fingerprint density at radius 1 is 1.35 bits per heavy atom. The SMILES string of the molecule is CCC(O)(CNC(=O)C1CCCC1)c1ccc(Br)cc1. The molecule has 20 heavy (non-hydrogen) atoms. The zero-order chi connectivity index (χ0) is 14.6. The summed E-state index contributed by atoms with van der Waals surface area (Å²) >= 11 is 3.39. The predicted octanol–water partition coefficient (Wildman–Crippen LogP) is 3.35. The second kappa shape index (κ2) is 6.72. The second-order valence-corrected chi connectivity index (χ2v) is 6.51. The molecule has 4 heteroatoms. The van der Waals surface area contributed by atoms with Gasteiger partial charge in [-0.05, 0) is 37.0 Å². The van der Waals surface area contributed by atoms with Gasteiger partial charge in [0.1, 0.15) is 5.60 Å². The average Bonchev–Trinajstić information content (AvgIpc) is 2.99. The highest BCUT2D eigenvalue weighted by Gasteiger charge is 2.30. The van der Waals surface area contributed by atoms with Gasteiger partial charge < -0.3 is 10.4 Å². The minimum absolute atomic E-state index is 0.0893. The quantitative estimate of drug-likeness (QED) is 0.864. The molecule has 2 N–H and O–H groups in total. The summed E-state index contributed by atoms with van der Waals surface area (Å²) in [5.41, 5.74) is -0.149. The van der Waals surface area contributed by atoms with Crippen molar-refractivity contribution in [1.82, 2.24) is 5.32 Å². The van der Waals surface area contributed by atoms with Gasteiger partial charge in [0.2, 0.25) is 5.91 Å². The van der Waals surface area contributed by atoms with E-state index in [2.05, 4.69) is 21.2 Å². The molecule has 0 heterocycles. The number of benzene rings is 1. The van der Waals surface area contributed by atoms with Crippen molar-refractivity contribution in [2.75, 3.05) is 6.54 Å². The summed E-state index contributed by atoms with van der Waals surface area (Å²) in [7, 11) is 0. The number of carbonyl (C=O) groups is 1. The Balaban J connectivity index is 1.99. The van der Waals surface area contributed by atoms with Crippen molar-refractivity contribution >= 4 is 21.8 Å². The number of nitrogens with one attached hydrogen (secondary N) is 1. The zero-order valence-corrected chi connectivity index (χ0v) is 13.4. The van der Waals surface area contributed by atoms with Gasteiger partial charge in [-0.2, -0.15) is 0 Å². The first-order valence-corrected chi connectivity index (χ1v) is 8.10. The van der Waals surface area contributed by atoms with Crippen LogP contribution >= 0.6 is 15.9 Å². The molecule has 1 aliphatic carbocycles. The molecule has 1 saturated carbocycles. The Hall–Kier alpha value is -0.870. The van der Waals surface area contributed by atoms with E-state index in [-0.39, 0.29) is 18.4 Å². The maximum absolute atomic E-state index is 12.1. The lowest BCUT2D eigenvalue weighted by Gasteiger charge is -2.28. The van der Waals surface area contributed by atoms with E-state index in [1.54, 1.807) is 0 Å². The second-order valence-electron chi connectivity index (χ2n) is 5.59. The molecule has 1 unspecified atom stereocenters. The Kier molecular flexibility index (Phi) is 5.22. The summed E-state index contributed by atoms with van der Waals surface area (Å²) in [6, 6.07) is 7.62. The van der Waals surface area contributed by atoms with Gasteiger partial charge in [0.05, 0.1) is 6.54 Å². The first-order valence-electron chi connectivity index (χ1n) is 7.31. The molecule has 1 aromatic rings. The van der Waals surface area contributed by atoms with E-state index in [4.69, 9.17) is 0 Å². The van der Waals surface area contributed by atoms with Gasteiger partial charge in [0.15, 0.2) is 0 Å². The fourth-order valence-corrected chi connectivity index (χ4v) is 3.02. The first-order chi connectivity index (χ1) is 9.55. The van der Waals surface area contributed by atoms with Crippen LogP contribution in [0.2, 0.25) is 0 Å². The van der Waals surface area contributed by atoms with E-state index < -0.39 is 5.60 Å². The molecule has 1 aromatic carbocycles. The molecular weight excluding hydrogens is 318 g/mol. The lowest BCUT2D eigenvalue weighted by Crippen LogP contribution is -2.42. The smallest absolute Gasteiger partial charge is 0.223 e. The molecule has 0 bridgehead atoms. The molecule has 110 valence electrons. The van der Waals surface area contributed by atoms with Crippen molar-refractivity contribution < 1.29 is 9.90 Å². The van der Waals surface area contributed by atoms with Crippen molar-refractivity contribution in [3.05, 3.63) is 34.3 Å². The average molecular weight is 340 g/mol. The van der Waals surface area contributed by atoms with Gasteiger partial charge in [-0.3, -0.25) is 4.79 Å². The number of carbonyl (C=O) groups excluding carboxylic acids is 1. The largest absolute Gasteiger partial charge is 0.383 e. The summed E-state index contributed by atoms with van der Waals surface area (Å²) in [4.78, 5) is 12.1. The van der Waals surface area contributed by atoms with Gasteiger partial charge >= 0.3 is 0 Å². The molecule has 0 aliphatic heterocycles. The lowest BCUT2D eigenvalue weighted by molar-refractivity contribution is -0.126. The summed E-state index contributed by atoms with van der Waals surface area (Å²) in [5.74, 6) is 0.229. The zero-order valence-electron chi connectivity index (χ0n) is 11.9. The number of hydrogen-bond donors (Lipinski definition) is 2. The lowest BCUT2D eigenvalue weighted by atomic mass is 9.91. The van der Waals surface area contributed by atoms with Crippen LogP contribution in [0.4, 0.5) is 0 Å². The topological polar surface area (TPSA) is 49.3 Å². The fraction of sp³-hybridized carbons (Fsp3) is 0.562. The van der Waals surface area contributed by atoms with Crippen LogP contribution in [0.3, 0.4) is 0 Å². The Bertz CT molecular complexity index is 454. The van der Waals surface area contributed by atoms with E-state index in [0.29, 0.717) is 6.42 Å². The van der Waals surface area contributed by atoms with Crippen molar-refractivity contribution in [1.29, 1.82) is 0 Å². The maximum Gasteiger partial charge on any atom is 0.223 e. The van der Waals surface area contributed by atoms with Crippen molar-refractivity contribution in [2.24, 2.45) is 5.92 Å². The van der Waals surface area contributed by atoms with Gasteiger partial charge in [-0.15, -0.1) is 0 Å². The highest BCUT2D eigenvalue weighted by molar-refractivity contribution is 9.10. The number of halogens is 1. The Morgan fingerprint density at radius 3 is 2.50 bits per heavy atom. The standard InChI is InChI=1S/C16H22BrNO2/c1-2-16(20,13-7-9-14(17)10-8-13)11-18-15(19)12-5-3-4-6-12/h7-10,12,20H,2-6,11H2,1H3,(H,18,19). The number of amides is 1. The summed E-state index contributed by atoms with van der Waals surface area (Å²) in [5, 5.41) is 13.7. The van der Waals surface area contributed by atoms with E-state index in [1.807, 2.05) is 31.2 Å². The molecular formula is C16H22BrNO2. The molecule has 1 fully saturated rings. The summed E-state index contributed by atoms with van der Waals surface area (Å²) in [6.45, 7) is 2.21.